The Morgan fingerprint density at radius 2 is 2.25 bits per heavy atom. The number of piperazine rings is 1. The summed E-state index contributed by atoms with van der Waals surface area (Å²) in [7, 11) is 0. The number of hydrogen-bond acceptors (Lipinski definition) is 3. The molecule has 2 aliphatic rings. The first-order valence-electron chi connectivity index (χ1n) is 7.69. The second kappa shape index (κ2) is 5.41. The Labute approximate surface area is 120 Å². The Balaban J connectivity index is 1.73. The van der Waals surface area contributed by atoms with Crippen molar-refractivity contribution in [3.05, 3.63) is 29.8 Å². The highest BCUT2D eigenvalue weighted by molar-refractivity contribution is 5.12. The molecule has 2 fully saturated rings. The first-order chi connectivity index (χ1) is 9.60. The minimum absolute atomic E-state index is 0.229. The highest BCUT2D eigenvalue weighted by Crippen LogP contribution is 2.41. The fraction of sp³-hybridized carbons (Fsp3) is 0.688. The van der Waals surface area contributed by atoms with Gasteiger partial charge in [0.25, 0.3) is 0 Å². The lowest BCUT2D eigenvalue weighted by molar-refractivity contribution is 0.0664. The molecule has 20 heavy (non-hydrogen) atoms. The number of aromatic nitrogens is 1. The van der Waals surface area contributed by atoms with Crippen LogP contribution in [0.25, 0.3) is 0 Å². The maximum Gasteiger partial charge on any atom is 0.141 e. The molecular weight excluding hydrogens is 253 g/mol. The Morgan fingerprint density at radius 1 is 1.45 bits per heavy atom. The van der Waals surface area contributed by atoms with Crippen molar-refractivity contribution >= 4 is 0 Å². The van der Waals surface area contributed by atoms with Gasteiger partial charge in [-0.05, 0) is 43.7 Å². The van der Waals surface area contributed by atoms with Crippen LogP contribution in [0, 0.1) is 11.7 Å². The molecule has 110 valence electrons. The number of nitrogens with one attached hydrogen (secondary N) is 1. The molecule has 1 N–H and O–H groups in total. The van der Waals surface area contributed by atoms with Crippen LogP contribution in [-0.2, 0) is 6.54 Å². The van der Waals surface area contributed by atoms with Gasteiger partial charge in [-0.1, -0.05) is 6.92 Å². The molecule has 0 bridgehead atoms. The van der Waals surface area contributed by atoms with E-state index in [4.69, 9.17) is 0 Å². The summed E-state index contributed by atoms with van der Waals surface area (Å²) in [5.74, 6) is 0.573. The molecule has 0 aromatic carbocycles. The SMILES string of the molecule is CCC1CNC(C)(C2CC2)CN1Cc1cncc(F)c1. The summed E-state index contributed by atoms with van der Waals surface area (Å²) in [5.41, 5.74) is 1.20. The third kappa shape index (κ3) is 2.86. The van der Waals surface area contributed by atoms with E-state index in [0.717, 1.165) is 37.5 Å². The van der Waals surface area contributed by atoms with E-state index in [1.54, 1.807) is 12.3 Å². The van der Waals surface area contributed by atoms with Crippen molar-refractivity contribution in [1.29, 1.82) is 0 Å². The van der Waals surface area contributed by atoms with Crippen molar-refractivity contribution in [3.8, 4) is 0 Å². The summed E-state index contributed by atoms with van der Waals surface area (Å²) in [6.07, 6.45) is 6.86. The van der Waals surface area contributed by atoms with E-state index in [0.29, 0.717) is 6.04 Å². The molecular formula is C16H24FN3. The largest absolute Gasteiger partial charge is 0.308 e. The second-order valence-corrected chi connectivity index (χ2v) is 6.55. The zero-order valence-electron chi connectivity index (χ0n) is 12.4. The summed E-state index contributed by atoms with van der Waals surface area (Å²) < 4.78 is 13.3. The molecule has 1 aliphatic carbocycles. The summed E-state index contributed by atoms with van der Waals surface area (Å²) in [6.45, 7) is 7.45. The zero-order chi connectivity index (χ0) is 14.2. The summed E-state index contributed by atoms with van der Waals surface area (Å²) in [6, 6.07) is 2.14. The topological polar surface area (TPSA) is 28.2 Å². The standard InChI is InChI=1S/C16H24FN3/c1-3-15-9-19-16(2,13-4-5-13)11-20(15)10-12-6-14(17)8-18-7-12/h6-8,13,15,19H,3-5,9-11H2,1-2H3. The highest BCUT2D eigenvalue weighted by atomic mass is 19.1. The Kier molecular flexibility index (Phi) is 3.78. The van der Waals surface area contributed by atoms with Crippen molar-refractivity contribution in [3.63, 3.8) is 0 Å². The maximum atomic E-state index is 13.3. The van der Waals surface area contributed by atoms with Crippen LogP contribution in [0.1, 0.15) is 38.7 Å². The minimum Gasteiger partial charge on any atom is -0.308 e. The molecule has 3 rings (SSSR count). The lowest BCUT2D eigenvalue weighted by Gasteiger charge is -2.46. The van der Waals surface area contributed by atoms with E-state index in [2.05, 4.69) is 29.0 Å². The van der Waals surface area contributed by atoms with Crippen molar-refractivity contribution in [1.82, 2.24) is 15.2 Å². The van der Waals surface area contributed by atoms with Gasteiger partial charge in [0.15, 0.2) is 0 Å². The molecule has 4 heteroatoms. The van der Waals surface area contributed by atoms with Gasteiger partial charge in [-0.3, -0.25) is 9.88 Å². The van der Waals surface area contributed by atoms with E-state index < -0.39 is 0 Å². The van der Waals surface area contributed by atoms with Crippen LogP contribution in [-0.4, -0.2) is 34.6 Å². The average molecular weight is 277 g/mol. The summed E-state index contributed by atoms with van der Waals surface area (Å²) in [4.78, 5) is 6.47. The van der Waals surface area contributed by atoms with E-state index in [1.807, 2.05) is 0 Å². The molecule has 2 atom stereocenters. The molecule has 1 aromatic rings. The van der Waals surface area contributed by atoms with Gasteiger partial charge in [-0.15, -0.1) is 0 Å². The van der Waals surface area contributed by atoms with Crippen molar-refractivity contribution in [2.24, 2.45) is 5.92 Å². The van der Waals surface area contributed by atoms with Crippen LogP contribution in [0.15, 0.2) is 18.5 Å². The number of hydrogen-bond donors (Lipinski definition) is 1. The quantitative estimate of drug-likeness (QED) is 0.917. The molecule has 3 nitrogen and oxygen atoms in total. The van der Waals surface area contributed by atoms with Crippen LogP contribution in [0.4, 0.5) is 4.39 Å². The molecule has 1 saturated heterocycles. The third-order valence-electron chi connectivity index (χ3n) is 4.89. The van der Waals surface area contributed by atoms with Crippen LogP contribution in [0.5, 0.6) is 0 Å². The van der Waals surface area contributed by atoms with E-state index >= 15 is 0 Å². The van der Waals surface area contributed by atoms with Gasteiger partial charge < -0.3 is 5.32 Å². The van der Waals surface area contributed by atoms with Crippen LogP contribution in [0.3, 0.4) is 0 Å². The first-order valence-corrected chi connectivity index (χ1v) is 7.69. The van der Waals surface area contributed by atoms with Crippen LogP contribution < -0.4 is 5.32 Å². The van der Waals surface area contributed by atoms with Gasteiger partial charge in [0.2, 0.25) is 0 Å². The predicted octanol–water partition coefficient (Wildman–Crippen LogP) is 2.57. The van der Waals surface area contributed by atoms with E-state index in [9.17, 15) is 4.39 Å². The number of halogens is 1. The van der Waals surface area contributed by atoms with Gasteiger partial charge >= 0.3 is 0 Å². The Hall–Kier alpha value is -1.00. The molecule has 2 unspecified atom stereocenters. The smallest absolute Gasteiger partial charge is 0.141 e. The van der Waals surface area contributed by atoms with Gasteiger partial charge in [-0.2, -0.15) is 0 Å². The molecule has 0 amide bonds. The summed E-state index contributed by atoms with van der Waals surface area (Å²) >= 11 is 0. The average Bonchev–Trinajstić information content (AvgIpc) is 3.24. The van der Waals surface area contributed by atoms with Gasteiger partial charge in [0.05, 0.1) is 6.20 Å². The fourth-order valence-corrected chi connectivity index (χ4v) is 3.45. The predicted molar refractivity (Wildman–Crippen MR) is 77.8 cm³/mol. The van der Waals surface area contributed by atoms with Crippen molar-refractivity contribution < 1.29 is 4.39 Å². The molecule has 2 heterocycles. The number of pyridine rings is 1. The lowest BCUT2D eigenvalue weighted by atomic mass is 9.90. The molecule has 0 spiro atoms. The van der Waals surface area contributed by atoms with Crippen LogP contribution >= 0.6 is 0 Å². The molecule has 1 aromatic heterocycles. The Morgan fingerprint density at radius 3 is 2.90 bits per heavy atom. The zero-order valence-corrected chi connectivity index (χ0v) is 12.4. The lowest BCUT2D eigenvalue weighted by Crippen LogP contribution is -2.63. The molecule has 1 aliphatic heterocycles. The third-order valence-corrected chi connectivity index (χ3v) is 4.89. The fourth-order valence-electron chi connectivity index (χ4n) is 3.45. The van der Waals surface area contributed by atoms with Crippen LogP contribution in [0.2, 0.25) is 0 Å². The minimum atomic E-state index is -0.240. The van der Waals surface area contributed by atoms with Crippen molar-refractivity contribution in [2.45, 2.75) is 51.2 Å². The van der Waals surface area contributed by atoms with E-state index in [-0.39, 0.29) is 11.4 Å². The Bertz CT molecular complexity index is 475. The number of rotatable bonds is 4. The normalized spacial score (nSPS) is 31.4. The first kappa shape index (κ1) is 14.0. The highest BCUT2D eigenvalue weighted by Gasteiger charge is 2.45. The van der Waals surface area contributed by atoms with Gasteiger partial charge in [-0.25, -0.2) is 4.39 Å². The summed E-state index contributed by atoms with van der Waals surface area (Å²) in [5, 5.41) is 3.75. The van der Waals surface area contributed by atoms with Crippen molar-refractivity contribution in [2.75, 3.05) is 13.1 Å². The number of nitrogens with zero attached hydrogens (tertiary/aromatic N) is 2. The van der Waals surface area contributed by atoms with E-state index in [1.165, 1.54) is 19.0 Å². The monoisotopic (exact) mass is 277 g/mol. The van der Waals surface area contributed by atoms with Gasteiger partial charge in [0.1, 0.15) is 5.82 Å². The van der Waals surface area contributed by atoms with Gasteiger partial charge in [0, 0.05) is 37.4 Å². The maximum absolute atomic E-state index is 13.3. The molecule has 1 saturated carbocycles. The molecule has 0 radical (unpaired) electrons. The second-order valence-electron chi connectivity index (χ2n) is 6.55.